The fourth-order valence-electron chi connectivity index (χ4n) is 2.00. The van der Waals surface area contributed by atoms with Crippen LogP contribution < -0.4 is 11.1 Å². The van der Waals surface area contributed by atoms with Crippen LogP contribution in [0.2, 0.25) is 0 Å². The molecule has 1 aliphatic heterocycles. The number of hydrogen-bond acceptors (Lipinski definition) is 5. The minimum atomic E-state index is -3.03. The molecule has 1 amide bonds. The zero-order valence-electron chi connectivity index (χ0n) is 9.80. The van der Waals surface area contributed by atoms with E-state index in [2.05, 4.69) is 10.3 Å². The highest BCUT2D eigenvalue weighted by atomic mass is 32.2. The highest BCUT2D eigenvalue weighted by molar-refractivity contribution is 7.92. The summed E-state index contributed by atoms with van der Waals surface area (Å²) < 4.78 is 23.2. The fraction of sp³-hybridized carbons (Fsp3) is 0.455. The summed E-state index contributed by atoms with van der Waals surface area (Å²) in [7, 11) is -3.03. The molecule has 6 nitrogen and oxygen atoms in total. The molecule has 1 aromatic heterocycles. The molecule has 0 radical (unpaired) electrons. The van der Waals surface area contributed by atoms with Gasteiger partial charge in [-0.15, -0.1) is 0 Å². The van der Waals surface area contributed by atoms with Crippen LogP contribution in [0.1, 0.15) is 23.2 Å². The van der Waals surface area contributed by atoms with Crippen molar-refractivity contribution < 1.29 is 13.2 Å². The van der Waals surface area contributed by atoms with Gasteiger partial charge in [-0.2, -0.15) is 0 Å². The molecule has 1 aliphatic rings. The smallest absolute Gasteiger partial charge is 0.253 e. The summed E-state index contributed by atoms with van der Waals surface area (Å²) in [4.78, 5) is 15.6. The van der Waals surface area contributed by atoms with E-state index in [9.17, 15) is 13.2 Å². The second-order valence-corrected chi connectivity index (χ2v) is 6.70. The number of nitrogens with one attached hydrogen (secondary N) is 1. The lowest BCUT2D eigenvalue weighted by Gasteiger charge is -2.11. The first kappa shape index (κ1) is 12.8. The van der Waals surface area contributed by atoms with Gasteiger partial charge in [0.1, 0.15) is 0 Å². The minimum Gasteiger partial charge on any atom is -0.397 e. The number of carbonyl (C=O) groups is 1. The van der Waals surface area contributed by atoms with Gasteiger partial charge in [0.05, 0.1) is 28.5 Å². The standard InChI is InChI=1S/C11H15N3O3S/c12-10-7-13-4-3-9(10)11(15)14-6-8-2-1-5-18(8,16)17/h3-4,7-8H,1-2,5-6,12H2,(H,14,15). The molecule has 1 saturated heterocycles. The highest BCUT2D eigenvalue weighted by Crippen LogP contribution is 2.19. The third kappa shape index (κ3) is 2.61. The van der Waals surface area contributed by atoms with Crippen molar-refractivity contribution >= 4 is 21.4 Å². The molecule has 0 aromatic carbocycles. The molecule has 0 spiro atoms. The van der Waals surface area contributed by atoms with Crippen molar-refractivity contribution in [2.75, 3.05) is 18.0 Å². The van der Waals surface area contributed by atoms with Gasteiger partial charge in [0, 0.05) is 12.7 Å². The van der Waals surface area contributed by atoms with Gasteiger partial charge in [-0.3, -0.25) is 9.78 Å². The van der Waals surface area contributed by atoms with E-state index in [1.54, 1.807) is 0 Å². The van der Waals surface area contributed by atoms with Gasteiger partial charge in [0.15, 0.2) is 9.84 Å². The van der Waals surface area contributed by atoms with Gasteiger partial charge < -0.3 is 11.1 Å². The van der Waals surface area contributed by atoms with Crippen molar-refractivity contribution in [2.45, 2.75) is 18.1 Å². The zero-order valence-corrected chi connectivity index (χ0v) is 10.6. The molecule has 2 rings (SSSR count). The van der Waals surface area contributed by atoms with E-state index in [0.717, 1.165) is 0 Å². The van der Waals surface area contributed by atoms with Crippen LogP contribution in [-0.2, 0) is 9.84 Å². The number of sulfone groups is 1. The molecule has 1 fully saturated rings. The highest BCUT2D eigenvalue weighted by Gasteiger charge is 2.31. The van der Waals surface area contributed by atoms with E-state index in [1.165, 1.54) is 18.5 Å². The van der Waals surface area contributed by atoms with Crippen LogP contribution in [0.4, 0.5) is 5.69 Å². The van der Waals surface area contributed by atoms with Gasteiger partial charge in [-0.05, 0) is 18.9 Å². The number of hydrogen-bond donors (Lipinski definition) is 2. The topological polar surface area (TPSA) is 102 Å². The molecule has 1 aromatic rings. The average molecular weight is 269 g/mol. The number of nitrogen functional groups attached to an aromatic ring is 1. The second-order valence-electron chi connectivity index (χ2n) is 4.30. The van der Waals surface area contributed by atoms with Crippen LogP contribution in [0.3, 0.4) is 0 Å². The Labute approximate surface area is 106 Å². The largest absolute Gasteiger partial charge is 0.397 e. The Hall–Kier alpha value is -1.63. The van der Waals surface area contributed by atoms with E-state index < -0.39 is 15.1 Å². The van der Waals surface area contributed by atoms with Crippen LogP contribution in [0, 0.1) is 0 Å². The zero-order chi connectivity index (χ0) is 13.2. The van der Waals surface area contributed by atoms with Gasteiger partial charge >= 0.3 is 0 Å². The summed E-state index contributed by atoms with van der Waals surface area (Å²) >= 11 is 0. The van der Waals surface area contributed by atoms with Crippen molar-refractivity contribution in [3.8, 4) is 0 Å². The third-order valence-corrected chi connectivity index (χ3v) is 5.33. The Kier molecular flexibility index (Phi) is 3.51. The molecular formula is C11H15N3O3S. The summed E-state index contributed by atoms with van der Waals surface area (Å²) in [6.07, 6.45) is 4.13. The maximum absolute atomic E-state index is 11.8. The van der Waals surface area contributed by atoms with Crippen molar-refractivity contribution in [3.63, 3.8) is 0 Å². The Morgan fingerprint density at radius 3 is 2.94 bits per heavy atom. The van der Waals surface area contributed by atoms with E-state index >= 15 is 0 Å². The van der Waals surface area contributed by atoms with Gasteiger partial charge in [-0.25, -0.2) is 8.42 Å². The number of carbonyl (C=O) groups excluding carboxylic acids is 1. The molecule has 0 bridgehead atoms. The molecule has 98 valence electrons. The Morgan fingerprint density at radius 1 is 1.56 bits per heavy atom. The monoisotopic (exact) mass is 269 g/mol. The molecule has 1 atom stereocenters. The van der Waals surface area contributed by atoms with Gasteiger partial charge in [-0.1, -0.05) is 0 Å². The van der Waals surface area contributed by atoms with Crippen molar-refractivity contribution in [2.24, 2.45) is 0 Å². The van der Waals surface area contributed by atoms with Crippen LogP contribution in [0.5, 0.6) is 0 Å². The Bertz CT molecular complexity index is 556. The second kappa shape index (κ2) is 4.93. The summed E-state index contributed by atoms with van der Waals surface area (Å²) in [5.41, 5.74) is 6.22. The average Bonchev–Trinajstić information content (AvgIpc) is 2.66. The number of rotatable bonds is 3. The summed E-state index contributed by atoms with van der Waals surface area (Å²) in [5, 5.41) is 2.14. The van der Waals surface area contributed by atoms with E-state index in [-0.39, 0.29) is 23.9 Å². The fourth-order valence-corrected chi connectivity index (χ4v) is 3.77. The maximum Gasteiger partial charge on any atom is 0.253 e. The predicted octanol–water partition coefficient (Wildman–Crippen LogP) is -0.0292. The lowest BCUT2D eigenvalue weighted by atomic mass is 10.2. The molecule has 18 heavy (non-hydrogen) atoms. The van der Waals surface area contributed by atoms with E-state index in [4.69, 9.17) is 5.73 Å². The lowest BCUT2D eigenvalue weighted by Crippen LogP contribution is -2.34. The SMILES string of the molecule is Nc1cnccc1C(=O)NCC1CCCS1(=O)=O. The number of amides is 1. The minimum absolute atomic E-state index is 0.142. The number of aromatic nitrogens is 1. The molecule has 0 aliphatic carbocycles. The van der Waals surface area contributed by atoms with Crippen LogP contribution >= 0.6 is 0 Å². The first-order valence-electron chi connectivity index (χ1n) is 5.70. The van der Waals surface area contributed by atoms with Gasteiger partial charge in [0.2, 0.25) is 0 Å². The third-order valence-electron chi connectivity index (χ3n) is 3.05. The Balaban J connectivity index is 1.99. The van der Waals surface area contributed by atoms with Crippen molar-refractivity contribution in [1.29, 1.82) is 0 Å². The summed E-state index contributed by atoms with van der Waals surface area (Å²) in [6.45, 7) is 0.142. The summed E-state index contributed by atoms with van der Waals surface area (Å²) in [5.74, 6) is -0.151. The number of pyridine rings is 1. The quantitative estimate of drug-likeness (QED) is 0.802. The van der Waals surface area contributed by atoms with Crippen molar-refractivity contribution in [3.05, 3.63) is 24.0 Å². The van der Waals surface area contributed by atoms with E-state index in [0.29, 0.717) is 18.4 Å². The van der Waals surface area contributed by atoms with Gasteiger partial charge in [0.25, 0.3) is 5.91 Å². The molecule has 0 saturated carbocycles. The number of anilines is 1. The first-order chi connectivity index (χ1) is 8.50. The molecule has 7 heteroatoms. The van der Waals surface area contributed by atoms with Crippen LogP contribution in [0.15, 0.2) is 18.5 Å². The maximum atomic E-state index is 11.8. The van der Waals surface area contributed by atoms with E-state index in [1.807, 2.05) is 0 Å². The van der Waals surface area contributed by atoms with Crippen molar-refractivity contribution in [1.82, 2.24) is 10.3 Å². The van der Waals surface area contributed by atoms with Crippen LogP contribution in [0.25, 0.3) is 0 Å². The lowest BCUT2D eigenvalue weighted by molar-refractivity contribution is 0.0954. The normalized spacial score (nSPS) is 21.7. The first-order valence-corrected chi connectivity index (χ1v) is 7.41. The summed E-state index contributed by atoms with van der Waals surface area (Å²) in [6, 6.07) is 1.51. The van der Waals surface area contributed by atoms with Crippen LogP contribution in [-0.4, -0.2) is 36.9 Å². The predicted molar refractivity (Wildman–Crippen MR) is 67.8 cm³/mol. The number of nitrogens with zero attached hydrogens (tertiary/aromatic N) is 1. The molecule has 3 N–H and O–H groups in total. The Morgan fingerprint density at radius 2 is 2.33 bits per heavy atom. The number of nitrogens with two attached hydrogens (primary N) is 1. The molecular weight excluding hydrogens is 254 g/mol. The molecule has 2 heterocycles. The molecule has 1 unspecified atom stereocenters.